The van der Waals surface area contributed by atoms with Crippen LogP contribution in [0.3, 0.4) is 0 Å². The van der Waals surface area contributed by atoms with Gasteiger partial charge < -0.3 is 5.32 Å². The molecule has 1 atom stereocenters. The number of anilines is 2. The number of nitrogens with one attached hydrogen (secondary N) is 2. The minimum Gasteiger partial charge on any atom is -0.363 e. The minimum absolute atomic E-state index is 0.311. The monoisotopic (exact) mass is 255 g/mol. The Morgan fingerprint density at radius 2 is 2.11 bits per heavy atom. The lowest BCUT2D eigenvalue weighted by Crippen LogP contribution is -2.18. The summed E-state index contributed by atoms with van der Waals surface area (Å²) in [5.74, 6) is 6.55. The van der Waals surface area contributed by atoms with Crippen LogP contribution in [0.25, 0.3) is 0 Å². The van der Waals surface area contributed by atoms with Gasteiger partial charge in [-0.25, -0.2) is 10.8 Å². The predicted molar refractivity (Wildman–Crippen MR) is 75.6 cm³/mol. The van der Waals surface area contributed by atoms with Gasteiger partial charge in [0.2, 0.25) is 5.95 Å². The number of benzene rings is 1. The molecular weight excluding hydrogens is 238 g/mol. The van der Waals surface area contributed by atoms with Gasteiger partial charge in [0.1, 0.15) is 5.82 Å². The zero-order valence-corrected chi connectivity index (χ0v) is 10.6. The Hall–Kier alpha value is -2.14. The molecule has 0 aliphatic heterocycles. The Bertz CT molecular complexity index is 569. The predicted octanol–water partition coefficient (Wildman–Crippen LogP) is 2.25. The normalized spacial score (nSPS) is 17.6. The lowest BCUT2D eigenvalue weighted by Gasteiger charge is -2.26. The molecule has 4 N–H and O–H groups in total. The van der Waals surface area contributed by atoms with Crippen LogP contribution in [0.1, 0.15) is 30.0 Å². The summed E-state index contributed by atoms with van der Waals surface area (Å²) < 4.78 is 0. The Balaban J connectivity index is 1.84. The van der Waals surface area contributed by atoms with E-state index in [1.165, 1.54) is 17.5 Å². The molecular formula is C14H17N5. The summed E-state index contributed by atoms with van der Waals surface area (Å²) in [5.41, 5.74) is 5.26. The van der Waals surface area contributed by atoms with E-state index in [1.54, 1.807) is 6.20 Å². The van der Waals surface area contributed by atoms with E-state index in [0.717, 1.165) is 18.7 Å². The fourth-order valence-electron chi connectivity index (χ4n) is 2.59. The van der Waals surface area contributed by atoms with Crippen molar-refractivity contribution in [2.24, 2.45) is 5.84 Å². The fraction of sp³-hybridized carbons (Fsp3) is 0.286. The first kappa shape index (κ1) is 11.9. The van der Waals surface area contributed by atoms with Gasteiger partial charge in [-0.05, 0) is 36.5 Å². The number of hydrazine groups is 1. The van der Waals surface area contributed by atoms with Gasteiger partial charge in [0, 0.05) is 6.20 Å². The van der Waals surface area contributed by atoms with Gasteiger partial charge in [-0.2, -0.15) is 4.98 Å². The lowest BCUT2D eigenvalue weighted by atomic mass is 9.88. The topological polar surface area (TPSA) is 75.9 Å². The van der Waals surface area contributed by atoms with Crippen molar-refractivity contribution in [3.05, 3.63) is 47.7 Å². The summed E-state index contributed by atoms with van der Waals surface area (Å²) in [6.07, 6.45) is 5.17. The van der Waals surface area contributed by atoms with Crippen LogP contribution in [0.5, 0.6) is 0 Å². The van der Waals surface area contributed by atoms with Crippen LogP contribution in [-0.4, -0.2) is 9.97 Å². The van der Waals surface area contributed by atoms with E-state index in [1.807, 2.05) is 6.07 Å². The van der Waals surface area contributed by atoms with Gasteiger partial charge >= 0.3 is 0 Å². The summed E-state index contributed by atoms with van der Waals surface area (Å²) in [6, 6.07) is 10.8. The first-order valence-electron chi connectivity index (χ1n) is 6.51. The number of fused-ring (bicyclic) bond motifs is 1. The second kappa shape index (κ2) is 5.24. The van der Waals surface area contributed by atoms with Crippen molar-refractivity contribution in [2.45, 2.75) is 25.3 Å². The standard InChI is InChI=1S/C14H17N5/c15-19-14-16-9-8-13(18-14)17-12-7-3-5-10-4-1-2-6-11(10)12/h1-2,4,6,8-9,12H,3,5,7,15H2,(H2,16,17,18,19). The average Bonchev–Trinajstić information content (AvgIpc) is 2.48. The molecule has 1 heterocycles. The third-order valence-corrected chi connectivity index (χ3v) is 3.48. The van der Waals surface area contributed by atoms with E-state index in [9.17, 15) is 0 Å². The maximum atomic E-state index is 5.33. The van der Waals surface area contributed by atoms with Gasteiger partial charge in [0.25, 0.3) is 0 Å². The number of hydrogen-bond donors (Lipinski definition) is 3. The molecule has 1 aromatic carbocycles. The van der Waals surface area contributed by atoms with E-state index in [-0.39, 0.29) is 0 Å². The van der Waals surface area contributed by atoms with Crippen LogP contribution in [0, 0.1) is 0 Å². The highest BCUT2D eigenvalue weighted by atomic mass is 15.3. The number of aromatic nitrogens is 2. The van der Waals surface area contributed by atoms with Crippen LogP contribution in [0.15, 0.2) is 36.5 Å². The molecule has 1 aliphatic carbocycles. The van der Waals surface area contributed by atoms with Crippen LogP contribution < -0.4 is 16.6 Å². The van der Waals surface area contributed by atoms with Gasteiger partial charge in [-0.15, -0.1) is 0 Å². The van der Waals surface area contributed by atoms with Crippen LogP contribution in [-0.2, 0) is 6.42 Å². The largest absolute Gasteiger partial charge is 0.363 e. The van der Waals surface area contributed by atoms with Gasteiger partial charge in [0.05, 0.1) is 6.04 Å². The van der Waals surface area contributed by atoms with Crippen LogP contribution in [0.2, 0.25) is 0 Å². The van der Waals surface area contributed by atoms with E-state index < -0.39 is 0 Å². The molecule has 2 aromatic rings. The summed E-state index contributed by atoms with van der Waals surface area (Å²) in [7, 11) is 0. The van der Waals surface area contributed by atoms with Gasteiger partial charge in [-0.1, -0.05) is 24.3 Å². The molecule has 5 heteroatoms. The first-order valence-corrected chi connectivity index (χ1v) is 6.51. The fourth-order valence-corrected chi connectivity index (χ4v) is 2.59. The molecule has 1 aliphatic rings. The van der Waals surface area contributed by atoms with Crippen molar-refractivity contribution in [2.75, 3.05) is 10.7 Å². The third-order valence-electron chi connectivity index (χ3n) is 3.48. The highest BCUT2D eigenvalue weighted by Crippen LogP contribution is 2.31. The summed E-state index contributed by atoms with van der Waals surface area (Å²) in [4.78, 5) is 8.31. The van der Waals surface area contributed by atoms with E-state index in [4.69, 9.17) is 5.84 Å². The summed E-state index contributed by atoms with van der Waals surface area (Å²) in [6.45, 7) is 0. The van der Waals surface area contributed by atoms with Crippen molar-refractivity contribution in [3.63, 3.8) is 0 Å². The van der Waals surface area contributed by atoms with Crippen molar-refractivity contribution in [1.82, 2.24) is 9.97 Å². The van der Waals surface area contributed by atoms with Crippen molar-refractivity contribution < 1.29 is 0 Å². The van der Waals surface area contributed by atoms with Crippen molar-refractivity contribution >= 4 is 11.8 Å². The molecule has 0 saturated heterocycles. The molecule has 0 fully saturated rings. The molecule has 0 bridgehead atoms. The van der Waals surface area contributed by atoms with Gasteiger partial charge in [0.15, 0.2) is 0 Å². The molecule has 1 aromatic heterocycles. The molecule has 1 unspecified atom stereocenters. The molecule has 0 radical (unpaired) electrons. The van der Waals surface area contributed by atoms with Crippen LogP contribution in [0.4, 0.5) is 11.8 Å². The number of hydrogen-bond acceptors (Lipinski definition) is 5. The molecule has 19 heavy (non-hydrogen) atoms. The molecule has 0 saturated carbocycles. The Labute approximate surface area is 112 Å². The van der Waals surface area contributed by atoms with Crippen LogP contribution >= 0.6 is 0 Å². The summed E-state index contributed by atoms with van der Waals surface area (Å²) in [5, 5.41) is 3.47. The van der Waals surface area contributed by atoms with E-state index in [0.29, 0.717) is 12.0 Å². The maximum absolute atomic E-state index is 5.33. The number of aryl methyl sites for hydroxylation is 1. The molecule has 5 nitrogen and oxygen atoms in total. The van der Waals surface area contributed by atoms with E-state index in [2.05, 4.69) is 45.0 Å². The van der Waals surface area contributed by atoms with Crippen molar-refractivity contribution in [3.8, 4) is 0 Å². The number of rotatable bonds is 3. The maximum Gasteiger partial charge on any atom is 0.239 e. The Kier molecular flexibility index (Phi) is 3.29. The SMILES string of the molecule is NNc1nccc(NC2CCCc3ccccc32)n1. The smallest absolute Gasteiger partial charge is 0.239 e. The summed E-state index contributed by atoms with van der Waals surface area (Å²) >= 11 is 0. The Morgan fingerprint density at radius 1 is 1.21 bits per heavy atom. The molecule has 3 rings (SSSR count). The highest BCUT2D eigenvalue weighted by Gasteiger charge is 2.19. The Morgan fingerprint density at radius 3 is 3.00 bits per heavy atom. The van der Waals surface area contributed by atoms with Crippen molar-refractivity contribution in [1.29, 1.82) is 0 Å². The lowest BCUT2D eigenvalue weighted by molar-refractivity contribution is 0.598. The van der Waals surface area contributed by atoms with E-state index >= 15 is 0 Å². The minimum atomic E-state index is 0.311. The molecule has 98 valence electrons. The molecule has 0 spiro atoms. The quantitative estimate of drug-likeness (QED) is 0.579. The third kappa shape index (κ3) is 2.51. The second-order valence-corrected chi connectivity index (χ2v) is 4.70. The molecule has 0 amide bonds. The number of nitrogens with zero attached hydrogens (tertiary/aromatic N) is 2. The highest BCUT2D eigenvalue weighted by molar-refractivity contribution is 5.44. The first-order chi connectivity index (χ1) is 9.36. The zero-order valence-electron chi connectivity index (χ0n) is 10.6. The number of nitrogen functional groups attached to an aromatic ring is 1. The second-order valence-electron chi connectivity index (χ2n) is 4.70. The number of nitrogens with two attached hydrogens (primary N) is 1. The van der Waals surface area contributed by atoms with Gasteiger partial charge in [-0.3, -0.25) is 5.43 Å². The zero-order chi connectivity index (χ0) is 13.1. The average molecular weight is 255 g/mol.